The summed E-state index contributed by atoms with van der Waals surface area (Å²) in [6, 6.07) is 0.580. The van der Waals surface area contributed by atoms with Crippen molar-refractivity contribution in [2.24, 2.45) is 0 Å². The van der Waals surface area contributed by atoms with Gasteiger partial charge in [-0.2, -0.15) is 0 Å². The van der Waals surface area contributed by atoms with Gasteiger partial charge in [0.1, 0.15) is 36.7 Å². The van der Waals surface area contributed by atoms with Crippen LogP contribution in [0, 0.1) is 0 Å². The molecule has 1 aliphatic rings. The van der Waals surface area contributed by atoms with Gasteiger partial charge in [0.15, 0.2) is 6.29 Å². The minimum absolute atomic E-state index is 0.00901. The van der Waals surface area contributed by atoms with Gasteiger partial charge in [0.05, 0.1) is 25.8 Å². The molecule has 5 N–H and O–H groups in total. The van der Waals surface area contributed by atoms with Crippen LogP contribution in [-0.4, -0.2) is 126 Å². The van der Waals surface area contributed by atoms with Gasteiger partial charge < -0.3 is 53.2 Å². The minimum atomic E-state index is -2.76. The number of rotatable bonds is 21. The summed E-state index contributed by atoms with van der Waals surface area (Å²) in [7, 11) is -2.76. The van der Waals surface area contributed by atoms with Crippen LogP contribution < -0.4 is 5.32 Å². The zero-order valence-electron chi connectivity index (χ0n) is 24.6. The fraction of sp³-hybridized carbons (Fsp3) is 0.840. The molecular weight excluding hydrogens is 576 g/mol. The maximum Gasteiger partial charge on any atom is 0.500 e. The van der Waals surface area contributed by atoms with Crippen molar-refractivity contribution in [2.45, 2.75) is 96.4 Å². The van der Waals surface area contributed by atoms with Gasteiger partial charge in [0.25, 0.3) is 0 Å². The van der Waals surface area contributed by atoms with Gasteiger partial charge in [0, 0.05) is 45.4 Å². The maximum absolute atomic E-state index is 12.1. The first-order valence-corrected chi connectivity index (χ1v) is 16.3. The molecule has 17 heteroatoms. The number of nitrogens with one attached hydrogen (secondary N) is 1. The second-order valence-corrected chi connectivity index (χ2v) is 12.2. The molecule has 0 spiro atoms. The van der Waals surface area contributed by atoms with Crippen molar-refractivity contribution in [1.82, 2.24) is 20.3 Å². The van der Waals surface area contributed by atoms with E-state index in [4.69, 9.17) is 27.5 Å². The van der Waals surface area contributed by atoms with E-state index in [0.29, 0.717) is 57.5 Å². The van der Waals surface area contributed by atoms with Crippen LogP contribution in [0.1, 0.15) is 52.1 Å². The first-order valence-electron chi connectivity index (χ1n) is 14.3. The summed E-state index contributed by atoms with van der Waals surface area (Å²) < 4.78 is 34.8. The first kappa shape index (κ1) is 36.1. The van der Waals surface area contributed by atoms with Gasteiger partial charge in [-0.15, -0.1) is 5.10 Å². The molecule has 0 aliphatic carbocycles. The number of nitrogens with zero attached hydrogens (tertiary/aromatic N) is 3. The summed E-state index contributed by atoms with van der Waals surface area (Å²) in [5.74, 6) is -0.802. The van der Waals surface area contributed by atoms with Crippen molar-refractivity contribution >= 4 is 20.7 Å². The van der Waals surface area contributed by atoms with E-state index in [1.807, 2.05) is 20.8 Å². The predicted octanol–water partition coefficient (Wildman–Crippen LogP) is -1.14. The third kappa shape index (κ3) is 11.9. The Hall–Kier alpha value is -2.06. The van der Waals surface area contributed by atoms with Crippen molar-refractivity contribution in [2.75, 3.05) is 39.6 Å². The van der Waals surface area contributed by atoms with Crippen LogP contribution >= 0.6 is 0 Å². The number of carbonyl (C=O) groups is 2. The number of aromatic nitrogens is 3. The molecule has 0 unspecified atom stereocenters. The molecule has 2 heterocycles. The highest BCUT2D eigenvalue weighted by atomic mass is 28.4. The molecule has 1 aromatic heterocycles. The number of carbonyl (C=O) groups excluding carboxylic acids is 2. The van der Waals surface area contributed by atoms with E-state index in [1.54, 1.807) is 6.20 Å². The highest BCUT2D eigenvalue weighted by molar-refractivity contribution is 6.60. The Kier molecular flexibility index (Phi) is 16.6. The smallest absolute Gasteiger partial charge is 0.459 e. The van der Waals surface area contributed by atoms with E-state index >= 15 is 0 Å². The van der Waals surface area contributed by atoms with Crippen LogP contribution in [0.4, 0.5) is 0 Å². The monoisotopic (exact) mass is 622 g/mol. The molecule has 0 aromatic carbocycles. The van der Waals surface area contributed by atoms with E-state index < -0.39 is 52.1 Å². The lowest BCUT2D eigenvalue weighted by atomic mass is 9.99. The molecule has 1 aromatic rings. The fourth-order valence-corrected chi connectivity index (χ4v) is 6.82. The standard InChI is InChI=1S/C25H46N4O12Si/c1-4-38-42(39-5-2,40-6-3)14-7-11-26-20(31)9-10-21(32)37-17-18-15-29(28-27-18)12-8-13-36-25-24(35)23(34)22(33)19(16-30)41-25/h15,19,22-25,30,33-35H,4-14,16-17H2,1-3H3,(H,26,31)/t19-,22-,23+,24+,25+/m1/s1. The molecule has 1 fully saturated rings. The van der Waals surface area contributed by atoms with Crippen molar-refractivity contribution in [3.63, 3.8) is 0 Å². The summed E-state index contributed by atoms with van der Waals surface area (Å²) in [5.41, 5.74) is 0.424. The summed E-state index contributed by atoms with van der Waals surface area (Å²) in [6.07, 6.45) is -4.07. The average Bonchev–Trinajstić information content (AvgIpc) is 3.43. The van der Waals surface area contributed by atoms with Gasteiger partial charge >= 0.3 is 14.8 Å². The third-order valence-corrected chi connectivity index (χ3v) is 9.41. The second kappa shape index (κ2) is 19.3. The Morgan fingerprint density at radius 3 is 2.36 bits per heavy atom. The Balaban J connectivity index is 1.60. The SMILES string of the molecule is CCO[Si](CCCNC(=O)CCC(=O)OCc1cn(CCCO[C@H]2O[C@H](CO)[C@@H](O)[C@H](O)[C@@H]2O)nn1)(OCC)OCC. The number of esters is 1. The normalized spacial score (nSPS) is 22.7. The number of hydrogen-bond acceptors (Lipinski definition) is 14. The average molecular weight is 623 g/mol. The number of ether oxygens (including phenoxy) is 3. The lowest BCUT2D eigenvalue weighted by molar-refractivity contribution is -0.301. The lowest BCUT2D eigenvalue weighted by Crippen LogP contribution is -2.59. The second-order valence-electron chi connectivity index (χ2n) is 9.49. The molecule has 1 saturated heterocycles. The van der Waals surface area contributed by atoms with Crippen molar-refractivity contribution < 1.29 is 57.5 Å². The molecule has 2 rings (SSSR count). The van der Waals surface area contributed by atoms with E-state index in [-0.39, 0.29) is 32.0 Å². The number of aliphatic hydroxyl groups excluding tert-OH is 4. The topological polar surface area (TPSA) is 213 Å². The zero-order chi connectivity index (χ0) is 31.0. The number of hydrogen-bond donors (Lipinski definition) is 5. The predicted molar refractivity (Wildman–Crippen MR) is 146 cm³/mol. The van der Waals surface area contributed by atoms with Gasteiger partial charge in [-0.1, -0.05) is 5.21 Å². The number of amides is 1. The van der Waals surface area contributed by atoms with E-state index in [1.165, 1.54) is 4.68 Å². The third-order valence-electron chi connectivity index (χ3n) is 6.26. The van der Waals surface area contributed by atoms with Crippen molar-refractivity contribution in [3.8, 4) is 0 Å². The molecule has 0 saturated carbocycles. The maximum atomic E-state index is 12.1. The Bertz CT molecular complexity index is 907. The molecule has 1 aliphatic heterocycles. The molecule has 1 amide bonds. The summed E-state index contributed by atoms with van der Waals surface area (Å²) in [5, 5.41) is 49.5. The number of aryl methyl sites for hydroxylation is 1. The Labute approximate surface area is 246 Å². The van der Waals surface area contributed by atoms with Crippen LogP contribution in [0.5, 0.6) is 0 Å². The fourth-order valence-electron chi connectivity index (χ4n) is 4.21. The molecule has 0 bridgehead atoms. The van der Waals surface area contributed by atoms with Gasteiger partial charge in [-0.3, -0.25) is 14.3 Å². The molecule has 242 valence electrons. The van der Waals surface area contributed by atoms with Crippen LogP contribution in [0.2, 0.25) is 6.04 Å². The van der Waals surface area contributed by atoms with E-state index in [9.17, 15) is 30.0 Å². The Morgan fingerprint density at radius 1 is 1.02 bits per heavy atom. The largest absolute Gasteiger partial charge is 0.500 e. The highest BCUT2D eigenvalue weighted by Crippen LogP contribution is 2.22. The summed E-state index contributed by atoms with van der Waals surface area (Å²) >= 11 is 0. The molecule has 16 nitrogen and oxygen atoms in total. The van der Waals surface area contributed by atoms with Crippen LogP contribution in [0.3, 0.4) is 0 Å². The number of aliphatic hydroxyl groups is 4. The quantitative estimate of drug-likeness (QED) is 0.0623. The summed E-state index contributed by atoms with van der Waals surface area (Å²) in [6.45, 7) is 7.42. The first-order chi connectivity index (χ1) is 20.2. The summed E-state index contributed by atoms with van der Waals surface area (Å²) in [4.78, 5) is 24.2. The minimum Gasteiger partial charge on any atom is -0.459 e. The van der Waals surface area contributed by atoms with Crippen molar-refractivity contribution in [1.29, 1.82) is 0 Å². The molecule has 5 atom stereocenters. The van der Waals surface area contributed by atoms with Crippen LogP contribution in [0.25, 0.3) is 0 Å². The van der Waals surface area contributed by atoms with Gasteiger partial charge in [-0.25, -0.2) is 0 Å². The van der Waals surface area contributed by atoms with Gasteiger partial charge in [0.2, 0.25) is 5.91 Å². The molecular formula is C25H46N4O12Si. The van der Waals surface area contributed by atoms with E-state index in [0.717, 1.165) is 0 Å². The van der Waals surface area contributed by atoms with Crippen LogP contribution in [-0.2, 0) is 50.2 Å². The Morgan fingerprint density at radius 2 is 1.71 bits per heavy atom. The zero-order valence-corrected chi connectivity index (χ0v) is 25.6. The van der Waals surface area contributed by atoms with Gasteiger partial charge in [-0.05, 0) is 33.6 Å². The molecule has 42 heavy (non-hydrogen) atoms. The van der Waals surface area contributed by atoms with Crippen molar-refractivity contribution in [3.05, 3.63) is 11.9 Å². The molecule has 0 radical (unpaired) electrons. The van der Waals surface area contributed by atoms with E-state index in [2.05, 4.69) is 15.6 Å². The lowest BCUT2D eigenvalue weighted by Gasteiger charge is -2.39. The highest BCUT2D eigenvalue weighted by Gasteiger charge is 2.44. The van der Waals surface area contributed by atoms with Crippen LogP contribution in [0.15, 0.2) is 6.20 Å².